The number of benzene rings is 2. The van der Waals surface area contributed by atoms with Gasteiger partial charge in [-0.15, -0.1) is 0 Å². The highest BCUT2D eigenvalue weighted by Gasteiger charge is 2.13. The molecule has 118 valence electrons. The Morgan fingerprint density at radius 3 is 2.26 bits per heavy atom. The van der Waals surface area contributed by atoms with Crippen LogP contribution in [-0.2, 0) is 10.0 Å². The summed E-state index contributed by atoms with van der Waals surface area (Å²) in [6, 6.07) is 13.7. The van der Waals surface area contributed by atoms with E-state index in [0.717, 1.165) is 15.7 Å². The van der Waals surface area contributed by atoms with Gasteiger partial charge in [-0.3, -0.25) is 4.72 Å². The standard InChI is InChI=1S/C16H14BrN3O2S/c1-12-2-8-16(9-3-12)23(21,22)19-14-4-6-15(7-5-14)20-11-13(17)10-18-20/h2-11,19H,1H3. The van der Waals surface area contributed by atoms with Crippen molar-refractivity contribution in [3.63, 3.8) is 0 Å². The van der Waals surface area contributed by atoms with Gasteiger partial charge in [-0.05, 0) is 59.3 Å². The molecule has 0 aliphatic carbocycles. The number of hydrogen-bond acceptors (Lipinski definition) is 3. The second-order valence-electron chi connectivity index (χ2n) is 5.07. The molecule has 0 unspecified atom stereocenters. The predicted octanol–water partition coefficient (Wildman–Crippen LogP) is 3.74. The van der Waals surface area contributed by atoms with Gasteiger partial charge in [0, 0.05) is 11.9 Å². The topological polar surface area (TPSA) is 64.0 Å². The Morgan fingerprint density at radius 2 is 1.70 bits per heavy atom. The zero-order valence-corrected chi connectivity index (χ0v) is 14.7. The van der Waals surface area contributed by atoms with E-state index in [1.807, 2.05) is 13.1 Å². The highest BCUT2D eigenvalue weighted by molar-refractivity contribution is 9.10. The smallest absolute Gasteiger partial charge is 0.261 e. The summed E-state index contributed by atoms with van der Waals surface area (Å²) in [6.45, 7) is 1.91. The summed E-state index contributed by atoms with van der Waals surface area (Å²) in [6.07, 6.45) is 3.51. The van der Waals surface area contributed by atoms with Gasteiger partial charge >= 0.3 is 0 Å². The summed E-state index contributed by atoms with van der Waals surface area (Å²) >= 11 is 3.34. The molecule has 0 spiro atoms. The monoisotopic (exact) mass is 391 g/mol. The van der Waals surface area contributed by atoms with E-state index < -0.39 is 10.0 Å². The van der Waals surface area contributed by atoms with E-state index in [1.54, 1.807) is 59.4 Å². The molecule has 23 heavy (non-hydrogen) atoms. The molecule has 0 fully saturated rings. The Labute approximate surface area is 143 Å². The summed E-state index contributed by atoms with van der Waals surface area (Å²) < 4.78 is 29.8. The summed E-state index contributed by atoms with van der Waals surface area (Å²) in [5.74, 6) is 0. The molecule has 1 heterocycles. The molecule has 0 saturated heterocycles. The third-order valence-corrected chi connectivity index (χ3v) is 5.07. The van der Waals surface area contributed by atoms with E-state index >= 15 is 0 Å². The van der Waals surface area contributed by atoms with Crippen LogP contribution in [0.3, 0.4) is 0 Å². The van der Waals surface area contributed by atoms with E-state index in [0.29, 0.717) is 5.69 Å². The van der Waals surface area contributed by atoms with Gasteiger partial charge in [0.25, 0.3) is 10.0 Å². The Morgan fingerprint density at radius 1 is 1.04 bits per heavy atom. The number of hydrogen-bond donors (Lipinski definition) is 1. The molecule has 1 N–H and O–H groups in total. The predicted molar refractivity (Wildman–Crippen MR) is 93.3 cm³/mol. The maximum Gasteiger partial charge on any atom is 0.261 e. The third kappa shape index (κ3) is 3.62. The number of anilines is 1. The molecular weight excluding hydrogens is 378 g/mol. The zero-order chi connectivity index (χ0) is 16.4. The van der Waals surface area contributed by atoms with Crippen LogP contribution in [0, 0.1) is 6.92 Å². The van der Waals surface area contributed by atoms with Crippen molar-refractivity contribution in [2.75, 3.05) is 4.72 Å². The van der Waals surface area contributed by atoms with Crippen LogP contribution in [0.2, 0.25) is 0 Å². The van der Waals surface area contributed by atoms with Crippen LogP contribution in [0.5, 0.6) is 0 Å². The first kappa shape index (κ1) is 15.8. The SMILES string of the molecule is Cc1ccc(S(=O)(=O)Nc2ccc(-n3cc(Br)cn3)cc2)cc1. The Bertz CT molecular complexity index is 917. The van der Waals surface area contributed by atoms with E-state index in [4.69, 9.17) is 0 Å². The van der Waals surface area contributed by atoms with E-state index in [-0.39, 0.29) is 4.90 Å². The van der Waals surface area contributed by atoms with Crippen molar-refractivity contribution < 1.29 is 8.42 Å². The normalized spacial score (nSPS) is 11.4. The Kier molecular flexibility index (Phi) is 4.23. The van der Waals surface area contributed by atoms with Gasteiger partial charge in [0.2, 0.25) is 0 Å². The number of nitrogens with zero attached hydrogens (tertiary/aromatic N) is 2. The van der Waals surface area contributed by atoms with Gasteiger partial charge in [0.15, 0.2) is 0 Å². The fourth-order valence-electron chi connectivity index (χ4n) is 2.06. The first-order valence-corrected chi connectivity index (χ1v) is 9.12. The summed E-state index contributed by atoms with van der Waals surface area (Å²) in [5, 5.41) is 4.18. The lowest BCUT2D eigenvalue weighted by molar-refractivity contribution is 0.601. The molecule has 5 nitrogen and oxygen atoms in total. The Hall–Kier alpha value is -2.12. The average molecular weight is 392 g/mol. The number of nitrogens with one attached hydrogen (secondary N) is 1. The molecule has 0 bridgehead atoms. The second-order valence-corrected chi connectivity index (χ2v) is 7.67. The highest BCUT2D eigenvalue weighted by atomic mass is 79.9. The molecule has 0 aliphatic rings. The number of rotatable bonds is 4. The van der Waals surface area contributed by atoms with Crippen molar-refractivity contribution in [1.82, 2.24) is 9.78 Å². The van der Waals surface area contributed by atoms with E-state index in [1.165, 1.54) is 0 Å². The molecule has 1 aromatic heterocycles. The third-order valence-electron chi connectivity index (χ3n) is 3.27. The van der Waals surface area contributed by atoms with Gasteiger partial charge in [-0.1, -0.05) is 17.7 Å². The number of aromatic nitrogens is 2. The van der Waals surface area contributed by atoms with E-state index in [2.05, 4.69) is 25.8 Å². The Balaban J connectivity index is 1.81. The van der Waals surface area contributed by atoms with Crippen molar-refractivity contribution in [2.24, 2.45) is 0 Å². The minimum atomic E-state index is -3.58. The van der Waals surface area contributed by atoms with Gasteiger partial charge in [-0.25, -0.2) is 13.1 Å². The molecular formula is C16H14BrN3O2S. The van der Waals surface area contributed by atoms with Crippen molar-refractivity contribution in [1.29, 1.82) is 0 Å². The molecule has 2 aromatic carbocycles. The fraction of sp³-hybridized carbons (Fsp3) is 0.0625. The van der Waals surface area contributed by atoms with Crippen molar-refractivity contribution >= 4 is 31.6 Å². The van der Waals surface area contributed by atoms with Gasteiger partial charge in [-0.2, -0.15) is 5.10 Å². The van der Waals surface area contributed by atoms with Crippen LogP contribution in [0.1, 0.15) is 5.56 Å². The number of aryl methyl sites for hydroxylation is 1. The molecule has 0 saturated carbocycles. The van der Waals surface area contributed by atoms with Crippen LogP contribution >= 0.6 is 15.9 Å². The van der Waals surface area contributed by atoms with Crippen LogP contribution in [-0.4, -0.2) is 18.2 Å². The molecule has 0 aliphatic heterocycles. The van der Waals surface area contributed by atoms with Crippen molar-refractivity contribution in [2.45, 2.75) is 11.8 Å². The van der Waals surface area contributed by atoms with Crippen LogP contribution in [0.15, 0.2) is 70.3 Å². The first-order valence-electron chi connectivity index (χ1n) is 6.84. The summed E-state index contributed by atoms with van der Waals surface area (Å²) in [4.78, 5) is 0.239. The fourth-order valence-corrected chi connectivity index (χ4v) is 3.40. The molecule has 0 amide bonds. The zero-order valence-electron chi connectivity index (χ0n) is 12.3. The lowest BCUT2D eigenvalue weighted by Crippen LogP contribution is -2.12. The van der Waals surface area contributed by atoms with Crippen LogP contribution in [0.25, 0.3) is 5.69 Å². The average Bonchev–Trinajstić information content (AvgIpc) is 2.95. The number of halogens is 1. The van der Waals surface area contributed by atoms with Crippen molar-refractivity contribution in [3.8, 4) is 5.69 Å². The summed E-state index contributed by atoms with van der Waals surface area (Å²) in [5.41, 5.74) is 2.35. The minimum Gasteiger partial charge on any atom is -0.280 e. The first-order chi connectivity index (χ1) is 10.9. The van der Waals surface area contributed by atoms with Gasteiger partial charge in [0.05, 0.1) is 21.3 Å². The minimum absolute atomic E-state index is 0.239. The van der Waals surface area contributed by atoms with Crippen LogP contribution in [0.4, 0.5) is 5.69 Å². The molecule has 7 heteroatoms. The lowest BCUT2D eigenvalue weighted by Gasteiger charge is -2.09. The largest absolute Gasteiger partial charge is 0.280 e. The second kappa shape index (κ2) is 6.17. The number of sulfonamides is 1. The molecule has 3 aromatic rings. The summed E-state index contributed by atoms with van der Waals surface area (Å²) in [7, 11) is -3.58. The quantitative estimate of drug-likeness (QED) is 0.736. The van der Waals surface area contributed by atoms with Crippen LogP contribution < -0.4 is 4.72 Å². The molecule has 0 atom stereocenters. The van der Waals surface area contributed by atoms with E-state index in [9.17, 15) is 8.42 Å². The maximum atomic E-state index is 12.3. The molecule has 0 radical (unpaired) electrons. The van der Waals surface area contributed by atoms with Crippen molar-refractivity contribution in [3.05, 3.63) is 71.0 Å². The lowest BCUT2D eigenvalue weighted by atomic mass is 10.2. The highest BCUT2D eigenvalue weighted by Crippen LogP contribution is 2.19. The maximum absolute atomic E-state index is 12.3. The van der Waals surface area contributed by atoms with Gasteiger partial charge in [0.1, 0.15) is 0 Å². The molecule has 3 rings (SSSR count). The van der Waals surface area contributed by atoms with Gasteiger partial charge < -0.3 is 0 Å².